The van der Waals surface area contributed by atoms with Crippen LogP contribution in [0.4, 0.5) is 4.39 Å². The Hall–Kier alpha value is -2.25. The predicted octanol–water partition coefficient (Wildman–Crippen LogP) is 4.13. The fourth-order valence-corrected chi connectivity index (χ4v) is 4.89. The Balaban J connectivity index is 1.35. The van der Waals surface area contributed by atoms with E-state index in [4.69, 9.17) is 11.6 Å². The molecule has 0 amide bonds. The van der Waals surface area contributed by atoms with E-state index in [0.29, 0.717) is 5.02 Å². The molecule has 0 radical (unpaired) electrons. The minimum Gasteiger partial charge on any atom is -0.372 e. The zero-order chi connectivity index (χ0) is 24.1. The highest BCUT2D eigenvalue weighted by Gasteiger charge is 2.22. The monoisotopic (exact) mass is 484 g/mol. The number of hydrogen-bond donors (Lipinski definition) is 0. The van der Waals surface area contributed by atoms with Crippen LogP contribution in [-0.4, -0.2) is 84.3 Å². The highest BCUT2D eigenvalue weighted by atomic mass is 35.5. The van der Waals surface area contributed by atoms with E-state index in [0.717, 1.165) is 75.6 Å². The van der Waals surface area contributed by atoms with Crippen molar-refractivity contribution in [1.82, 2.24) is 19.6 Å². The summed E-state index contributed by atoms with van der Waals surface area (Å²) in [6, 6.07) is 12.6. The van der Waals surface area contributed by atoms with E-state index in [9.17, 15) is 9.18 Å². The molecule has 2 heterocycles. The van der Waals surface area contributed by atoms with Gasteiger partial charge in [-0.1, -0.05) is 23.7 Å². The summed E-state index contributed by atoms with van der Waals surface area (Å²) in [4.78, 5) is 22.4. The molecule has 2 aliphatic heterocycles. The number of likely N-dealkylation sites (N-methyl/N-ethyl adjacent to an activating group) is 1. The van der Waals surface area contributed by atoms with Gasteiger partial charge in [0.1, 0.15) is 5.82 Å². The fourth-order valence-electron chi connectivity index (χ4n) is 4.69. The van der Waals surface area contributed by atoms with Crippen LogP contribution in [0.5, 0.6) is 0 Å². The Kier molecular flexibility index (Phi) is 8.37. The van der Waals surface area contributed by atoms with Crippen molar-refractivity contribution < 1.29 is 9.18 Å². The lowest BCUT2D eigenvalue weighted by Gasteiger charge is -2.39. The second-order valence-electron chi connectivity index (χ2n) is 9.51. The van der Waals surface area contributed by atoms with Crippen molar-refractivity contribution in [3.8, 4) is 0 Å². The summed E-state index contributed by atoms with van der Waals surface area (Å²) in [6.07, 6.45) is 3.64. The lowest BCUT2D eigenvalue weighted by molar-refractivity contribution is 0.102. The van der Waals surface area contributed by atoms with Gasteiger partial charge in [0.15, 0.2) is 5.78 Å². The summed E-state index contributed by atoms with van der Waals surface area (Å²) >= 11 is 6.27. The van der Waals surface area contributed by atoms with Crippen molar-refractivity contribution >= 4 is 17.4 Å². The van der Waals surface area contributed by atoms with Gasteiger partial charge in [0.05, 0.1) is 0 Å². The third-order valence-electron chi connectivity index (χ3n) is 6.82. The maximum atomic E-state index is 13.2. The Morgan fingerprint density at radius 2 is 1.71 bits per heavy atom. The van der Waals surface area contributed by atoms with E-state index in [1.807, 2.05) is 30.5 Å². The molecule has 2 saturated heterocycles. The van der Waals surface area contributed by atoms with Gasteiger partial charge in [-0.25, -0.2) is 4.39 Å². The summed E-state index contributed by atoms with van der Waals surface area (Å²) in [5, 5.41) is 0.663. The minimum absolute atomic E-state index is 0.0155. The first-order valence-electron chi connectivity index (χ1n) is 12.0. The molecule has 0 aliphatic carbocycles. The van der Waals surface area contributed by atoms with Crippen LogP contribution in [0.2, 0.25) is 5.02 Å². The molecule has 0 spiro atoms. The Morgan fingerprint density at radius 1 is 1.00 bits per heavy atom. The normalized spacial score (nSPS) is 20.8. The molecule has 0 N–H and O–H groups in total. The Labute approximate surface area is 207 Å². The average molecular weight is 485 g/mol. The van der Waals surface area contributed by atoms with E-state index < -0.39 is 0 Å². The molecule has 0 saturated carbocycles. The lowest BCUT2D eigenvalue weighted by atomic mass is 10.0. The first-order valence-corrected chi connectivity index (χ1v) is 12.4. The first kappa shape index (κ1) is 24.9. The van der Waals surface area contributed by atoms with Gasteiger partial charge < -0.3 is 9.80 Å². The third-order valence-corrected chi connectivity index (χ3v) is 7.06. The van der Waals surface area contributed by atoms with Crippen LogP contribution in [0.25, 0.3) is 0 Å². The largest absolute Gasteiger partial charge is 0.372 e. The van der Waals surface area contributed by atoms with Crippen LogP contribution in [0.15, 0.2) is 54.7 Å². The van der Waals surface area contributed by atoms with E-state index in [2.05, 4.69) is 33.6 Å². The lowest BCUT2D eigenvalue weighted by Crippen LogP contribution is -2.49. The summed E-state index contributed by atoms with van der Waals surface area (Å²) in [5.74, 6) is -0.189. The van der Waals surface area contributed by atoms with Crippen LogP contribution >= 0.6 is 11.6 Å². The number of benzene rings is 2. The van der Waals surface area contributed by atoms with Gasteiger partial charge in [0.25, 0.3) is 0 Å². The van der Waals surface area contributed by atoms with Gasteiger partial charge in [-0.3, -0.25) is 14.6 Å². The number of rotatable bonds is 7. The molecule has 5 nitrogen and oxygen atoms in total. The topological polar surface area (TPSA) is 30.0 Å². The van der Waals surface area contributed by atoms with Crippen LogP contribution in [0.3, 0.4) is 0 Å². The highest BCUT2D eigenvalue weighted by molar-refractivity contribution is 6.30. The first-order chi connectivity index (χ1) is 16.4. The van der Waals surface area contributed by atoms with Crippen LogP contribution in [0.1, 0.15) is 28.4 Å². The quantitative estimate of drug-likeness (QED) is 0.435. The SMILES string of the molecule is CC1CN(Cc2ccc(F)cc2)CCN1C=CC(=O)c1ccc(Cl)cc1CN1CCN(C)CC1. The highest BCUT2D eigenvalue weighted by Crippen LogP contribution is 2.20. The molecule has 0 aromatic heterocycles. The molecule has 2 aromatic carbocycles. The molecule has 182 valence electrons. The second kappa shape index (κ2) is 11.5. The van der Waals surface area contributed by atoms with Crippen molar-refractivity contribution in [2.24, 2.45) is 0 Å². The predicted molar refractivity (Wildman–Crippen MR) is 136 cm³/mol. The van der Waals surface area contributed by atoms with Gasteiger partial charge in [0, 0.05) is 87.8 Å². The number of allylic oxidation sites excluding steroid dienone is 1. The van der Waals surface area contributed by atoms with Crippen molar-refractivity contribution in [2.75, 3.05) is 52.9 Å². The standard InChI is InChI=1S/C27H34ClFN4O/c1-21-18-32(19-22-3-6-25(29)7-4-22)15-16-33(21)10-9-27(34)26-8-5-24(28)17-23(26)20-31-13-11-30(2)12-14-31/h3-10,17,21H,11-16,18-20H2,1-2H3. The third kappa shape index (κ3) is 6.66. The number of hydrogen-bond acceptors (Lipinski definition) is 5. The van der Waals surface area contributed by atoms with Gasteiger partial charge >= 0.3 is 0 Å². The van der Waals surface area contributed by atoms with E-state index in [-0.39, 0.29) is 17.6 Å². The summed E-state index contributed by atoms with van der Waals surface area (Å²) in [7, 11) is 2.14. The summed E-state index contributed by atoms with van der Waals surface area (Å²) in [5.41, 5.74) is 2.83. The minimum atomic E-state index is -0.205. The molecule has 34 heavy (non-hydrogen) atoms. The van der Waals surface area contributed by atoms with Gasteiger partial charge in [-0.05, 0) is 55.4 Å². The maximum Gasteiger partial charge on any atom is 0.187 e. The van der Waals surface area contributed by atoms with E-state index >= 15 is 0 Å². The molecule has 4 rings (SSSR count). The van der Waals surface area contributed by atoms with Crippen LogP contribution < -0.4 is 0 Å². The number of halogens is 2. The number of ketones is 1. The molecule has 2 aliphatic rings. The number of nitrogens with zero attached hydrogens (tertiary/aromatic N) is 4. The molecule has 1 atom stereocenters. The van der Waals surface area contributed by atoms with Crippen molar-refractivity contribution in [3.05, 3.63) is 82.3 Å². The molecule has 1 unspecified atom stereocenters. The number of carbonyl (C=O) groups is 1. The van der Waals surface area contributed by atoms with Gasteiger partial charge in [-0.15, -0.1) is 0 Å². The fraction of sp³-hybridized carbons (Fsp3) is 0.444. The zero-order valence-electron chi connectivity index (χ0n) is 20.1. The Bertz CT molecular complexity index is 1000. The average Bonchev–Trinajstić information content (AvgIpc) is 2.81. The summed E-state index contributed by atoms with van der Waals surface area (Å²) < 4.78 is 13.2. The van der Waals surface area contributed by atoms with Gasteiger partial charge in [-0.2, -0.15) is 0 Å². The molecule has 0 bridgehead atoms. The molecule has 2 aromatic rings. The van der Waals surface area contributed by atoms with Crippen molar-refractivity contribution in [2.45, 2.75) is 26.1 Å². The van der Waals surface area contributed by atoms with Crippen molar-refractivity contribution in [3.63, 3.8) is 0 Å². The molecule has 2 fully saturated rings. The van der Waals surface area contributed by atoms with E-state index in [1.165, 1.54) is 12.1 Å². The second-order valence-corrected chi connectivity index (χ2v) is 9.95. The van der Waals surface area contributed by atoms with Crippen LogP contribution in [-0.2, 0) is 13.1 Å². The van der Waals surface area contributed by atoms with Crippen LogP contribution in [0, 0.1) is 5.82 Å². The molecular formula is C27H34ClFN4O. The maximum absolute atomic E-state index is 13.2. The molecule has 7 heteroatoms. The van der Waals surface area contributed by atoms with E-state index in [1.54, 1.807) is 12.1 Å². The number of carbonyl (C=O) groups excluding carboxylic acids is 1. The summed E-state index contributed by atoms with van der Waals surface area (Å²) in [6.45, 7) is 10.4. The Morgan fingerprint density at radius 3 is 2.41 bits per heavy atom. The number of piperazine rings is 2. The van der Waals surface area contributed by atoms with Gasteiger partial charge in [0.2, 0.25) is 0 Å². The molecular weight excluding hydrogens is 451 g/mol. The zero-order valence-corrected chi connectivity index (χ0v) is 20.8. The smallest absolute Gasteiger partial charge is 0.187 e. The van der Waals surface area contributed by atoms with Crippen molar-refractivity contribution in [1.29, 1.82) is 0 Å².